The molecule has 0 fully saturated rings. The van der Waals surface area contributed by atoms with Gasteiger partial charge in [0.15, 0.2) is 0 Å². The van der Waals surface area contributed by atoms with Crippen LogP contribution in [0.15, 0.2) is 0 Å². The molecule has 0 radical (unpaired) electrons. The van der Waals surface area contributed by atoms with Gasteiger partial charge in [0.2, 0.25) is 0 Å². The van der Waals surface area contributed by atoms with Crippen LogP contribution in [-0.2, 0) is 67.7 Å². The van der Waals surface area contributed by atoms with Crippen molar-refractivity contribution in [3.05, 3.63) is 0 Å². The molecule has 0 aliphatic carbocycles. The average molecular weight is 490 g/mol. The summed E-state index contributed by atoms with van der Waals surface area (Å²) in [5.74, 6) is -10.9. The summed E-state index contributed by atoms with van der Waals surface area (Å²) in [4.78, 5) is 54.6. The summed E-state index contributed by atoms with van der Waals surface area (Å²) in [6, 6.07) is 0. The van der Waals surface area contributed by atoms with E-state index in [1.165, 1.54) is 0 Å². The van der Waals surface area contributed by atoms with E-state index in [4.69, 9.17) is 59.4 Å². The molecule has 13 nitrogen and oxygen atoms in total. The van der Waals surface area contributed by atoms with Gasteiger partial charge in [-0.05, 0) is 0 Å². The zero-order valence-electron chi connectivity index (χ0n) is 9.34. The Labute approximate surface area is 140 Å². The molecule has 0 aliphatic heterocycles. The quantitative estimate of drug-likeness (QED) is 0.144. The molecular weight excluding hydrogens is 482 g/mol. The van der Waals surface area contributed by atoms with Crippen LogP contribution in [0.5, 0.6) is 0 Å². The minimum absolute atomic E-state index is 0. The van der Waals surface area contributed by atoms with Crippen molar-refractivity contribution in [1.29, 1.82) is 0 Å². The third kappa shape index (κ3) is 46.1. The first-order valence-electron chi connectivity index (χ1n) is 3.32. The summed E-state index contributed by atoms with van der Waals surface area (Å²) < 4.78 is 0. The van der Waals surface area contributed by atoms with E-state index in [9.17, 15) is 0 Å². The maximum Gasteiger partial charge on any atom is 0.414 e. The molecule has 15 heteroatoms. The van der Waals surface area contributed by atoms with Crippen LogP contribution in [0.3, 0.4) is 0 Å². The number of hydrogen-bond donors (Lipinski definition) is 6. The Morgan fingerprint density at radius 2 is 0.429 bits per heavy atom. The average Bonchev–Trinajstić information content (AvgIpc) is 2.18. The molecule has 0 aromatic rings. The van der Waals surface area contributed by atoms with Gasteiger partial charge in [-0.2, -0.15) is 0 Å². The minimum atomic E-state index is -1.82. The van der Waals surface area contributed by atoms with Gasteiger partial charge in [0, 0.05) is 39.0 Å². The summed E-state index contributed by atoms with van der Waals surface area (Å²) in [6.45, 7) is 0. The molecule has 8 N–H and O–H groups in total. The van der Waals surface area contributed by atoms with E-state index in [2.05, 4.69) is 0 Å². The normalized spacial score (nSPS) is 6.29. The van der Waals surface area contributed by atoms with E-state index in [1.807, 2.05) is 0 Å². The van der Waals surface area contributed by atoms with Crippen LogP contribution < -0.4 is 0 Å². The van der Waals surface area contributed by atoms with Crippen LogP contribution in [0.2, 0.25) is 0 Å². The van der Waals surface area contributed by atoms with Crippen molar-refractivity contribution < 1.29 is 104 Å². The molecule has 0 heterocycles. The Hall–Kier alpha value is -1.97. The van der Waals surface area contributed by atoms with E-state index in [0.717, 1.165) is 0 Å². The molecule has 21 heavy (non-hydrogen) atoms. The first-order valence-corrected chi connectivity index (χ1v) is 3.32. The zero-order valence-corrected chi connectivity index (χ0v) is 12.8. The number of carbonyl (C=O) groups is 6. The van der Waals surface area contributed by atoms with Gasteiger partial charge in [-0.1, -0.05) is 0 Å². The van der Waals surface area contributed by atoms with Crippen LogP contribution in [-0.4, -0.2) is 71.9 Å². The molecule has 0 aromatic carbocycles. The number of carboxylic acids is 6. The van der Waals surface area contributed by atoms with Crippen LogP contribution >= 0.6 is 0 Å². The van der Waals surface area contributed by atoms with E-state index in [0.29, 0.717) is 0 Å². The molecule has 0 aliphatic rings. The fraction of sp³-hybridized carbons (Fsp3) is 0. The Morgan fingerprint density at radius 1 is 0.381 bits per heavy atom. The van der Waals surface area contributed by atoms with Crippen molar-refractivity contribution in [2.45, 2.75) is 0 Å². The molecule has 0 bridgehead atoms. The van der Waals surface area contributed by atoms with Gasteiger partial charge in [-0.25, -0.2) is 28.8 Å². The third-order valence-corrected chi connectivity index (χ3v) is 0.549. The van der Waals surface area contributed by atoms with Crippen LogP contribution in [0.25, 0.3) is 0 Å². The number of aliphatic carboxylic acids is 6. The second kappa shape index (κ2) is 20.3. The van der Waals surface area contributed by atoms with Crippen molar-refractivity contribution in [1.82, 2.24) is 0 Å². The Kier molecular flexibility index (Phi) is 35.3. The summed E-state index contributed by atoms with van der Waals surface area (Å²) in [7, 11) is 0. The van der Waals surface area contributed by atoms with Crippen molar-refractivity contribution >= 4 is 35.8 Å². The second-order valence-electron chi connectivity index (χ2n) is 1.83. The van der Waals surface area contributed by atoms with Crippen LogP contribution in [0.1, 0.15) is 0 Å². The number of hydrogen-bond acceptors (Lipinski definition) is 6. The SMILES string of the molecule is O.O=C(O)C(=O)O.O=C(O)C(=O)O.O=C(O)C(=O)O.[Ru].[Ru]. The van der Waals surface area contributed by atoms with Crippen molar-refractivity contribution in [3.63, 3.8) is 0 Å². The molecule has 0 saturated heterocycles. The van der Waals surface area contributed by atoms with Gasteiger partial charge in [-0.3, -0.25) is 0 Å². The van der Waals surface area contributed by atoms with Crippen molar-refractivity contribution in [2.24, 2.45) is 0 Å². The summed E-state index contributed by atoms with van der Waals surface area (Å²) in [6.07, 6.45) is 0. The van der Waals surface area contributed by atoms with Crippen molar-refractivity contribution in [2.75, 3.05) is 0 Å². The standard InChI is InChI=1S/3C2H2O4.H2O.2Ru/c3*3-1(4)2(5)6;;;/h3*(H,3,4)(H,5,6);1H2;;. The molecule has 0 rings (SSSR count). The smallest absolute Gasteiger partial charge is 0.414 e. The van der Waals surface area contributed by atoms with Gasteiger partial charge < -0.3 is 36.1 Å². The fourth-order valence-electron chi connectivity index (χ4n) is 0. The van der Waals surface area contributed by atoms with Gasteiger partial charge in [-0.15, -0.1) is 0 Å². The molecule has 0 saturated carbocycles. The molecule has 126 valence electrons. The fourth-order valence-corrected chi connectivity index (χ4v) is 0. The molecule has 0 spiro atoms. The minimum Gasteiger partial charge on any atom is -0.473 e. The second-order valence-corrected chi connectivity index (χ2v) is 1.83. The first kappa shape index (κ1) is 36.4. The van der Waals surface area contributed by atoms with E-state index < -0.39 is 35.8 Å². The Morgan fingerprint density at radius 3 is 0.429 bits per heavy atom. The number of carboxylic acid groups (broad SMARTS) is 6. The Balaban J connectivity index is -0.0000000375. The Bertz CT molecular complexity index is 282. The van der Waals surface area contributed by atoms with Gasteiger partial charge in [0.25, 0.3) is 0 Å². The molecule has 0 unspecified atom stereocenters. The summed E-state index contributed by atoms with van der Waals surface area (Å²) in [5.41, 5.74) is 0. The maximum absolute atomic E-state index is 9.10. The summed E-state index contributed by atoms with van der Waals surface area (Å²) >= 11 is 0. The third-order valence-electron chi connectivity index (χ3n) is 0.549. The van der Waals surface area contributed by atoms with E-state index in [1.54, 1.807) is 0 Å². The topological polar surface area (TPSA) is 255 Å². The van der Waals surface area contributed by atoms with Crippen LogP contribution in [0, 0.1) is 0 Å². The van der Waals surface area contributed by atoms with Gasteiger partial charge in [0.05, 0.1) is 0 Å². The first-order chi connectivity index (χ1) is 7.93. The van der Waals surface area contributed by atoms with Crippen molar-refractivity contribution in [3.8, 4) is 0 Å². The van der Waals surface area contributed by atoms with Crippen LogP contribution in [0.4, 0.5) is 0 Å². The molecule has 0 amide bonds. The van der Waals surface area contributed by atoms with E-state index >= 15 is 0 Å². The predicted molar refractivity (Wildman–Crippen MR) is 49.4 cm³/mol. The maximum atomic E-state index is 9.10. The summed E-state index contributed by atoms with van der Waals surface area (Å²) in [5, 5.41) is 44.3. The molecule has 0 aromatic heterocycles. The largest absolute Gasteiger partial charge is 0.473 e. The number of rotatable bonds is 0. The predicted octanol–water partition coefficient (Wildman–Crippen LogP) is -3.36. The van der Waals surface area contributed by atoms with Gasteiger partial charge in [0.1, 0.15) is 0 Å². The zero-order chi connectivity index (χ0) is 15.5. The van der Waals surface area contributed by atoms with Gasteiger partial charge >= 0.3 is 35.8 Å². The molecular formula is C6H8O13Ru2. The molecule has 0 atom stereocenters. The van der Waals surface area contributed by atoms with E-state index in [-0.39, 0.29) is 44.4 Å². The monoisotopic (exact) mass is 492 g/mol.